The molecule has 2 aromatic heterocycles. The van der Waals surface area contributed by atoms with Crippen LogP contribution in [-0.4, -0.2) is 41.7 Å². The van der Waals surface area contributed by atoms with Crippen molar-refractivity contribution in [2.45, 2.75) is 32.2 Å². The van der Waals surface area contributed by atoms with Crippen molar-refractivity contribution in [3.63, 3.8) is 0 Å². The van der Waals surface area contributed by atoms with Crippen LogP contribution in [0.15, 0.2) is 29.4 Å². The van der Waals surface area contributed by atoms with Gasteiger partial charge in [-0.3, -0.25) is 4.40 Å². The van der Waals surface area contributed by atoms with Crippen molar-refractivity contribution in [3.8, 4) is 0 Å². The van der Waals surface area contributed by atoms with Crippen LogP contribution in [-0.2, 0) is 10.0 Å². The van der Waals surface area contributed by atoms with Crippen LogP contribution in [0.25, 0.3) is 5.65 Å². The third kappa shape index (κ3) is 2.89. The molecule has 2 rings (SSSR count). The molecule has 6 nitrogen and oxygen atoms in total. The van der Waals surface area contributed by atoms with Gasteiger partial charge in [-0.15, -0.1) is 0 Å². The second-order valence-corrected chi connectivity index (χ2v) is 6.56. The summed E-state index contributed by atoms with van der Waals surface area (Å²) in [5.41, 5.74) is 0.627. The minimum atomic E-state index is -3.57. The highest BCUT2D eigenvalue weighted by atomic mass is 32.2. The van der Waals surface area contributed by atoms with Gasteiger partial charge in [-0.25, -0.2) is 13.4 Å². The van der Waals surface area contributed by atoms with Gasteiger partial charge in [-0.2, -0.15) is 4.31 Å². The zero-order valence-corrected chi connectivity index (χ0v) is 13.5. The summed E-state index contributed by atoms with van der Waals surface area (Å²) in [7, 11) is -3.57. The molecule has 2 heterocycles. The lowest BCUT2D eigenvalue weighted by Gasteiger charge is -2.19. The first-order chi connectivity index (χ1) is 10.1. The Kier molecular flexibility index (Phi) is 4.84. The Morgan fingerprint density at radius 3 is 2.57 bits per heavy atom. The van der Waals surface area contributed by atoms with Crippen LogP contribution in [0.1, 0.15) is 27.2 Å². The van der Waals surface area contributed by atoms with Gasteiger partial charge in [0, 0.05) is 25.8 Å². The quantitative estimate of drug-likeness (QED) is 0.851. The third-order valence-electron chi connectivity index (χ3n) is 3.32. The molecule has 0 radical (unpaired) electrons. The molecule has 0 aliphatic heterocycles. The Bertz CT molecular complexity index is 705. The smallest absolute Gasteiger partial charge is 0.262 e. The Morgan fingerprint density at radius 2 is 1.95 bits per heavy atom. The zero-order chi connectivity index (χ0) is 15.5. The molecule has 0 spiro atoms. The van der Waals surface area contributed by atoms with Gasteiger partial charge in [0.15, 0.2) is 10.8 Å². The summed E-state index contributed by atoms with van der Waals surface area (Å²) in [6, 6.07) is 5.46. The average Bonchev–Trinajstić information content (AvgIpc) is 2.85. The number of imidazole rings is 1. The zero-order valence-electron chi connectivity index (χ0n) is 12.7. The number of nitrogens with one attached hydrogen (secondary N) is 1. The van der Waals surface area contributed by atoms with Gasteiger partial charge in [-0.1, -0.05) is 26.8 Å². The van der Waals surface area contributed by atoms with Crippen molar-refractivity contribution >= 4 is 21.5 Å². The molecule has 2 aromatic rings. The standard InChI is InChI=1S/C14H22N4O2S/c1-4-10-15-13-14(21(19,20)17(5-2)6-3)18-11-8-7-9-12(18)16-13/h7-9,11,15H,4-6,10H2,1-3H3. The van der Waals surface area contributed by atoms with E-state index in [-0.39, 0.29) is 5.03 Å². The van der Waals surface area contributed by atoms with E-state index in [2.05, 4.69) is 10.3 Å². The number of anilines is 1. The topological polar surface area (TPSA) is 66.7 Å². The summed E-state index contributed by atoms with van der Waals surface area (Å²) in [6.07, 6.45) is 2.63. The van der Waals surface area contributed by atoms with E-state index in [1.54, 1.807) is 22.7 Å². The number of pyridine rings is 1. The maximum Gasteiger partial charge on any atom is 0.262 e. The van der Waals surface area contributed by atoms with E-state index in [0.717, 1.165) is 6.42 Å². The van der Waals surface area contributed by atoms with Crippen LogP contribution < -0.4 is 5.32 Å². The molecule has 0 atom stereocenters. The first-order valence-electron chi connectivity index (χ1n) is 7.27. The lowest BCUT2D eigenvalue weighted by molar-refractivity contribution is 0.442. The predicted octanol–water partition coefficient (Wildman–Crippen LogP) is 2.19. The molecule has 0 aromatic carbocycles. The second-order valence-electron chi connectivity index (χ2n) is 4.71. The van der Waals surface area contributed by atoms with Gasteiger partial charge in [0.05, 0.1) is 0 Å². The number of rotatable bonds is 7. The summed E-state index contributed by atoms with van der Waals surface area (Å²) >= 11 is 0. The lowest BCUT2D eigenvalue weighted by atomic mass is 10.5. The van der Waals surface area contributed by atoms with Crippen molar-refractivity contribution < 1.29 is 8.42 Å². The van der Waals surface area contributed by atoms with Gasteiger partial charge in [0.2, 0.25) is 0 Å². The number of nitrogens with zero attached hydrogens (tertiary/aromatic N) is 3. The molecule has 0 bridgehead atoms. The largest absolute Gasteiger partial charge is 0.368 e. The summed E-state index contributed by atoms with van der Waals surface area (Å²) in [5.74, 6) is 0.426. The van der Waals surface area contributed by atoms with Gasteiger partial charge < -0.3 is 5.32 Å². The molecule has 0 aliphatic rings. The first kappa shape index (κ1) is 15.8. The summed E-state index contributed by atoms with van der Waals surface area (Å²) < 4.78 is 28.8. The lowest BCUT2D eigenvalue weighted by Crippen LogP contribution is -2.32. The van der Waals surface area contributed by atoms with Crippen LogP contribution in [0.4, 0.5) is 5.82 Å². The number of hydrogen-bond acceptors (Lipinski definition) is 4. The van der Waals surface area contributed by atoms with Crippen molar-refractivity contribution in [1.82, 2.24) is 13.7 Å². The van der Waals surface area contributed by atoms with E-state index in [0.29, 0.717) is 31.1 Å². The van der Waals surface area contributed by atoms with Crippen LogP contribution in [0.5, 0.6) is 0 Å². The van der Waals surface area contributed by atoms with E-state index >= 15 is 0 Å². The fourth-order valence-corrected chi connectivity index (χ4v) is 3.95. The predicted molar refractivity (Wildman–Crippen MR) is 84.1 cm³/mol. The molecular weight excluding hydrogens is 288 g/mol. The minimum Gasteiger partial charge on any atom is -0.368 e. The first-order valence-corrected chi connectivity index (χ1v) is 8.71. The Hall–Kier alpha value is -1.60. The second kappa shape index (κ2) is 6.44. The maximum absolute atomic E-state index is 12.9. The van der Waals surface area contributed by atoms with Crippen LogP contribution in [0.3, 0.4) is 0 Å². The van der Waals surface area contributed by atoms with E-state index in [4.69, 9.17) is 0 Å². The van der Waals surface area contributed by atoms with Gasteiger partial charge >= 0.3 is 0 Å². The number of aromatic nitrogens is 2. The highest BCUT2D eigenvalue weighted by molar-refractivity contribution is 7.89. The van der Waals surface area contributed by atoms with Crippen molar-refractivity contribution in [2.24, 2.45) is 0 Å². The average molecular weight is 310 g/mol. The highest BCUT2D eigenvalue weighted by Crippen LogP contribution is 2.25. The summed E-state index contributed by atoms with van der Waals surface area (Å²) in [5, 5.41) is 3.34. The minimum absolute atomic E-state index is 0.218. The molecule has 0 amide bonds. The Morgan fingerprint density at radius 1 is 1.24 bits per heavy atom. The van der Waals surface area contributed by atoms with E-state index < -0.39 is 10.0 Å². The highest BCUT2D eigenvalue weighted by Gasteiger charge is 2.29. The van der Waals surface area contributed by atoms with E-state index in [1.807, 2.05) is 26.8 Å². The fourth-order valence-electron chi connectivity index (χ4n) is 2.26. The van der Waals surface area contributed by atoms with Gasteiger partial charge in [-0.05, 0) is 18.6 Å². The maximum atomic E-state index is 12.9. The normalized spacial score (nSPS) is 12.2. The number of sulfonamides is 1. The molecule has 0 unspecified atom stereocenters. The molecule has 0 aliphatic carbocycles. The third-order valence-corrected chi connectivity index (χ3v) is 5.39. The van der Waals surface area contributed by atoms with Crippen molar-refractivity contribution in [2.75, 3.05) is 25.0 Å². The van der Waals surface area contributed by atoms with E-state index in [1.165, 1.54) is 4.31 Å². The molecule has 0 fully saturated rings. The molecule has 21 heavy (non-hydrogen) atoms. The Labute approximate surface area is 125 Å². The molecule has 116 valence electrons. The molecular formula is C14H22N4O2S. The Balaban J connectivity index is 2.64. The van der Waals surface area contributed by atoms with Gasteiger partial charge in [0.25, 0.3) is 10.0 Å². The van der Waals surface area contributed by atoms with Gasteiger partial charge in [0.1, 0.15) is 5.65 Å². The van der Waals surface area contributed by atoms with Crippen LogP contribution in [0, 0.1) is 0 Å². The van der Waals surface area contributed by atoms with Crippen molar-refractivity contribution in [1.29, 1.82) is 0 Å². The molecule has 0 saturated carbocycles. The molecule has 1 N–H and O–H groups in total. The van der Waals surface area contributed by atoms with E-state index in [9.17, 15) is 8.42 Å². The number of hydrogen-bond donors (Lipinski definition) is 1. The molecule has 0 saturated heterocycles. The van der Waals surface area contributed by atoms with Crippen LogP contribution >= 0.6 is 0 Å². The summed E-state index contributed by atoms with van der Waals surface area (Å²) in [6.45, 7) is 7.26. The number of fused-ring (bicyclic) bond motifs is 1. The molecule has 7 heteroatoms. The van der Waals surface area contributed by atoms with Crippen molar-refractivity contribution in [3.05, 3.63) is 24.4 Å². The summed E-state index contributed by atoms with van der Waals surface area (Å²) in [4.78, 5) is 4.41. The SMILES string of the molecule is CCCNc1nc2ccccn2c1S(=O)(=O)N(CC)CC. The fraction of sp³-hybridized carbons (Fsp3) is 0.500. The van der Waals surface area contributed by atoms with Crippen LogP contribution in [0.2, 0.25) is 0 Å². The monoisotopic (exact) mass is 310 g/mol.